The van der Waals surface area contributed by atoms with Crippen molar-refractivity contribution in [2.45, 2.75) is 13.0 Å². The number of benzene rings is 1. The Labute approximate surface area is 114 Å². The first-order chi connectivity index (χ1) is 9.58. The van der Waals surface area contributed by atoms with Crippen LogP contribution in [0.1, 0.15) is 22.9 Å². The van der Waals surface area contributed by atoms with E-state index in [1.165, 1.54) is 26.2 Å². The van der Waals surface area contributed by atoms with Gasteiger partial charge < -0.3 is 4.74 Å². The number of nitrogens with two attached hydrogens (primary N) is 1. The molecule has 0 radical (unpaired) electrons. The number of aryl methyl sites for hydroxylation is 1. The molecule has 0 amide bonds. The van der Waals surface area contributed by atoms with E-state index in [4.69, 9.17) is 10.6 Å². The number of methoxy groups -OCH3 is 1. The monoisotopic (exact) mass is 280 g/mol. The molecule has 1 heterocycles. The first kappa shape index (κ1) is 14.3. The van der Waals surface area contributed by atoms with Crippen molar-refractivity contribution in [2.24, 2.45) is 5.84 Å². The molecule has 2 rings (SSSR count). The Bertz CT molecular complexity index is 604. The highest BCUT2D eigenvalue weighted by Crippen LogP contribution is 2.25. The summed E-state index contributed by atoms with van der Waals surface area (Å²) in [7, 11) is 1.46. The van der Waals surface area contributed by atoms with E-state index in [0.717, 1.165) is 0 Å². The number of halogens is 2. The molecule has 0 spiro atoms. The van der Waals surface area contributed by atoms with E-state index < -0.39 is 17.7 Å². The van der Waals surface area contributed by atoms with Crippen LogP contribution in [-0.2, 0) is 0 Å². The van der Waals surface area contributed by atoms with E-state index in [9.17, 15) is 8.78 Å². The van der Waals surface area contributed by atoms with Gasteiger partial charge in [-0.15, -0.1) is 10.2 Å². The Kier molecular flexibility index (Phi) is 4.21. The second-order valence-electron chi connectivity index (χ2n) is 4.20. The minimum absolute atomic E-state index is 0.0649. The maximum absolute atomic E-state index is 14.0. The molecule has 3 N–H and O–H groups in total. The van der Waals surface area contributed by atoms with Crippen molar-refractivity contribution < 1.29 is 13.5 Å². The molecule has 106 valence electrons. The van der Waals surface area contributed by atoms with Crippen LogP contribution in [0.15, 0.2) is 24.3 Å². The quantitative estimate of drug-likeness (QED) is 0.657. The predicted octanol–water partition coefficient (Wildman–Crippen LogP) is 1.62. The first-order valence-corrected chi connectivity index (χ1v) is 5.86. The van der Waals surface area contributed by atoms with E-state index in [1.807, 2.05) is 0 Å². The van der Waals surface area contributed by atoms with Crippen LogP contribution in [0.25, 0.3) is 0 Å². The molecule has 7 heteroatoms. The Morgan fingerprint density at radius 3 is 2.45 bits per heavy atom. The largest absolute Gasteiger partial charge is 0.480 e. The standard InChI is InChI=1S/C13H14F2N4O/c1-7-3-4-8(12(15)11(7)14)13(17-16)9-5-6-10(20-2)19-18-9/h3-6,13,17H,16H2,1-2H3. The zero-order valence-corrected chi connectivity index (χ0v) is 11.0. The molecule has 0 aliphatic heterocycles. The van der Waals surface area contributed by atoms with Crippen LogP contribution < -0.4 is 16.0 Å². The summed E-state index contributed by atoms with van der Waals surface area (Å²) in [4.78, 5) is 0. The van der Waals surface area contributed by atoms with Crippen LogP contribution in [-0.4, -0.2) is 17.3 Å². The summed E-state index contributed by atoms with van der Waals surface area (Å²) in [6, 6.07) is 5.28. The highest BCUT2D eigenvalue weighted by molar-refractivity contribution is 5.32. The van der Waals surface area contributed by atoms with Crippen molar-refractivity contribution in [2.75, 3.05) is 7.11 Å². The van der Waals surface area contributed by atoms with Gasteiger partial charge in [-0.05, 0) is 18.6 Å². The maximum atomic E-state index is 14.0. The summed E-state index contributed by atoms with van der Waals surface area (Å²) in [6.07, 6.45) is 0. The molecule has 1 aromatic carbocycles. The van der Waals surface area contributed by atoms with Gasteiger partial charge in [-0.3, -0.25) is 5.84 Å². The van der Waals surface area contributed by atoms with Crippen molar-refractivity contribution in [3.8, 4) is 5.88 Å². The smallest absolute Gasteiger partial charge is 0.233 e. The lowest BCUT2D eigenvalue weighted by Crippen LogP contribution is -2.30. The van der Waals surface area contributed by atoms with Gasteiger partial charge in [0.15, 0.2) is 11.6 Å². The molecule has 0 saturated heterocycles. The van der Waals surface area contributed by atoms with Crippen LogP contribution in [0.3, 0.4) is 0 Å². The Balaban J connectivity index is 2.44. The molecule has 20 heavy (non-hydrogen) atoms. The molecule has 1 atom stereocenters. The maximum Gasteiger partial charge on any atom is 0.233 e. The SMILES string of the molecule is COc1ccc(C(NN)c2ccc(C)c(F)c2F)nn1. The van der Waals surface area contributed by atoms with Gasteiger partial charge in [0, 0.05) is 11.6 Å². The summed E-state index contributed by atoms with van der Waals surface area (Å²) < 4.78 is 32.5. The number of hydrogen-bond acceptors (Lipinski definition) is 5. The van der Waals surface area contributed by atoms with Gasteiger partial charge >= 0.3 is 0 Å². The summed E-state index contributed by atoms with van der Waals surface area (Å²) >= 11 is 0. The molecule has 0 saturated carbocycles. The van der Waals surface area contributed by atoms with Crippen LogP contribution in [0, 0.1) is 18.6 Å². The molecule has 1 unspecified atom stereocenters. The molecule has 0 fully saturated rings. The molecule has 0 aliphatic rings. The fraction of sp³-hybridized carbons (Fsp3) is 0.231. The first-order valence-electron chi connectivity index (χ1n) is 5.86. The summed E-state index contributed by atoms with van der Waals surface area (Å²) in [6.45, 7) is 1.49. The summed E-state index contributed by atoms with van der Waals surface area (Å²) in [5.74, 6) is 3.89. The highest BCUT2D eigenvalue weighted by Gasteiger charge is 2.21. The zero-order valence-electron chi connectivity index (χ0n) is 11.0. The van der Waals surface area contributed by atoms with Crippen LogP contribution in [0.4, 0.5) is 8.78 Å². The third kappa shape index (κ3) is 2.59. The number of nitrogens with one attached hydrogen (secondary N) is 1. The van der Waals surface area contributed by atoms with Crippen LogP contribution in [0.2, 0.25) is 0 Å². The molecule has 2 aromatic rings. The van der Waals surface area contributed by atoms with Gasteiger partial charge in [-0.2, -0.15) is 0 Å². The van der Waals surface area contributed by atoms with Gasteiger partial charge in [0.25, 0.3) is 0 Å². The van der Waals surface area contributed by atoms with Crippen LogP contribution >= 0.6 is 0 Å². The number of ether oxygens (including phenoxy) is 1. The van der Waals surface area contributed by atoms with Gasteiger partial charge in [0.2, 0.25) is 5.88 Å². The second kappa shape index (κ2) is 5.89. The average Bonchev–Trinajstić information content (AvgIpc) is 2.48. The minimum atomic E-state index is -0.953. The third-order valence-electron chi connectivity index (χ3n) is 2.95. The molecule has 5 nitrogen and oxygen atoms in total. The van der Waals surface area contributed by atoms with Crippen molar-refractivity contribution in [3.05, 3.63) is 52.7 Å². The minimum Gasteiger partial charge on any atom is -0.480 e. The number of rotatable bonds is 4. The fourth-order valence-corrected chi connectivity index (χ4v) is 1.81. The Morgan fingerprint density at radius 1 is 1.15 bits per heavy atom. The normalized spacial score (nSPS) is 12.2. The molecule has 0 bridgehead atoms. The number of nitrogens with zero attached hydrogens (tertiary/aromatic N) is 2. The van der Waals surface area contributed by atoms with E-state index >= 15 is 0 Å². The van der Waals surface area contributed by atoms with Crippen LogP contribution in [0.5, 0.6) is 5.88 Å². The van der Waals surface area contributed by atoms with Crippen molar-refractivity contribution >= 4 is 0 Å². The van der Waals surface area contributed by atoms with Gasteiger partial charge in [0.1, 0.15) is 0 Å². The highest BCUT2D eigenvalue weighted by atomic mass is 19.2. The lowest BCUT2D eigenvalue weighted by molar-refractivity contribution is 0.389. The number of hydrogen-bond donors (Lipinski definition) is 2. The van der Waals surface area contributed by atoms with Crippen molar-refractivity contribution in [3.63, 3.8) is 0 Å². The van der Waals surface area contributed by atoms with E-state index in [0.29, 0.717) is 11.6 Å². The van der Waals surface area contributed by atoms with Gasteiger partial charge in [-0.1, -0.05) is 12.1 Å². The third-order valence-corrected chi connectivity index (χ3v) is 2.95. The van der Waals surface area contributed by atoms with E-state index in [-0.39, 0.29) is 11.1 Å². The van der Waals surface area contributed by atoms with E-state index in [2.05, 4.69) is 15.6 Å². The Morgan fingerprint density at radius 2 is 1.90 bits per heavy atom. The van der Waals surface area contributed by atoms with Gasteiger partial charge in [-0.25, -0.2) is 14.2 Å². The topological polar surface area (TPSA) is 73.1 Å². The molecular weight excluding hydrogens is 266 g/mol. The lowest BCUT2D eigenvalue weighted by Gasteiger charge is -2.17. The molecular formula is C13H14F2N4O. The van der Waals surface area contributed by atoms with Gasteiger partial charge in [0.05, 0.1) is 18.8 Å². The Hall–Kier alpha value is -2.12. The molecule has 1 aromatic heterocycles. The number of hydrazine groups is 1. The lowest BCUT2D eigenvalue weighted by atomic mass is 10.0. The predicted molar refractivity (Wildman–Crippen MR) is 68.8 cm³/mol. The molecule has 0 aliphatic carbocycles. The fourth-order valence-electron chi connectivity index (χ4n) is 1.81. The van der Waals surface area contributed by atoms with E-state index in [1.54, 1.807) is 12.1 Å². The summed E-state index contributed by atoms with van der Waals surface area (Å²) in [5.41, 5.74) is 3.06. The second-order valence-corrected chi connectivity index (χ2v) is 4.20. The van der Waals surface area contributed by atoms with Crippen molar-refractivity contribution in [1.29, 1.82) is 0 Å². The number of aromatic nitrogens is 2. The average molecular weight is 280 g/mol. The summed E-state index contributed by atoms with van der Waals surface area (Å²) in [5, 5.41) is 7.66. The zero-order chi connectivity index (χ0) is 14.7. The van der Waals surface area contributed by atoms with Crippen molar-refractivity contribution in [1.82, 2.24) is 15.6 Å².